The molecule has 0 saturated heterocycles. The molecule has 21 heavy (non-hydrogen) atoms. The number of aromatic nitrogens is 2. The lowest BCUT2D eigenvalue weighted by Gasteiger charge is -1.92. The van der Waals surface area contributed by atoms with Crippen molar-refractivity contribution in [1.82, 2.24) is 9.97 Å². The quantitative estimate of drug-likeness (QED) is 0.375. The highest BCUT2D eigenvalue weighted by atomic mass is 35.5. The molecule has 7 heteroatoms. The largest absolute Gasteiger partial charge is 0.289 e. The summed E-state index contributed by atoms with van der Waals surface area (Å²) in [6.07, 6.45) is 2.86. The Kier molecular flexibility index (Phi) is 5.03. The van der Waals surface area contributed by atoms with Gasteiger partial charge in [0.15, 0.2) is 0 Å². The number of nitro groups is 1. The summed E-state index contributed by atoms with van der Waals surface area (Å²) < 4.78 is 0. The van der Waals surface area contributed by atoms with Crippen LogP contribution < -0.4 is 0 Å². The Labute approximate surface area is 130 Å². The van der Waals surface area contributed by atoms with E-state index in [4.69, 9.17) is 23.2 Å². The van der Waals surface area contributed by atoms with Gasteiger partial charge in [0, 0.05) is 17.6 Å². The minimum absolute atomic E-state index is 0.0669. The molecule has 0 saturated carbocycles. The van der Waals surface area contributed by atoms with E-state index >= 15 is 0 Å². The van der Waals surface area contributed by atoms with Crippen LogP contribution in [-0.4, -0.2) is 14.9 Å². The van der Waals surface area contributed by atoms with Crippen molar-refractivity contribution in [3.63, 3.8) is 0 Å². The van der Waals surface area contributed by atoms with Crippen molar-refractivity contribution in [2.24, 2.45) is 0 Å². The maximum atomic E-state index is 10.1. The summed E-state index contributed by atoms with van der Waals surface area (Å²) in [5.74, 6) is 0. The zero-order valence-electron chi connectivity index (χ0n) is 10.6. The van der Waals surface area contributed by atoms with Crippen molar-refractivity contribution in [3.8, 4) is 0 Å². The van der Waals surface area contributed by atoms with Gasteiger partial charge in [0.05, 0.1) is 15.5 Å². The highest BCUT2D eigenvalue weighted by Crippen LogP contribution is 2.22. The maximum absolute atomic E-state index is 10.1. The van der Waals surface area contributed by atoms with Crippen LogP contribution in [-0.2, 0) is 0 Å². The molecule has 106 valence electrons. The maximum Gasteiger partial charge on any atom is 0.289 e. The Bertz CT molecular complexity index is 716. The standard InChI is InChI=1S/C9H7N.C5H2Cl2N2O2/c1-2-6-9-8(4-1)5-3-7-10-9;6-4-1-3(9(10)11)2-8-5(4)7/h1-7H;1-2H. The first kappa shape index (κ1) is 15.2. The first-order chi connectivity index (χ1) is 10.1. The third-order valence-electron chi connectivity index (χ3n) is 2.50. The number of benzene rings is 1. The molecular formula is C14H9Cl2N3O2. The van der Waals surface area contributed by atoms with Gasteiger partial charge >= 0.3 is 0 Å². The van der Waals surface area contributed by atoms with Gasteiger partial charge in [-0.25, -0.2) is 4.98 Å². The summed E-state index contributed by atoms with van der Waals surface area (Å²) in [7, 11) is 0. The number of halogens is 2. The van der Waals surface area contributed by atoms with Crippen LogP contribution in [0.25, 0.3) is 10.9 Å². The van der Waals surface area contributed by atoms with E-state index < -0.39 is 4.92 Å². The number of para-hydroxylation sites is 1. The number of hydrogen-bond donors (Lipinski definition) is 0. The van der Waals surface area contributed by atoms with E-state index in [1.54, 1.807) is 0 Å². The molecular weight excluding hydrogens is 313 g/mol. The average molecular weight is 322 g/mol. The zero-order valence-corrected chi connectivity index (χ0v) is 12.1. The average Bonchev–Trinajstić information content (AvgIpc) is 2.50. The molecule has 2 aromatic heterocycles. The fourth-order valence-corrected chi connectivity index (χ4v) is 1.79. The van der Waals surface area contributed by atoms with E-state index in [0.717, 1.165) is 17.8 Å². The van der Waals surface area contributed by atoms with Gasteiger partial charge in [-0.2, -0.15) is 0 Å². The molecule has 0 unspecified atom stereocenters. The van der Waals surface area contributed by atoms with Crippen LogP contribution >= 0.6 is 23.2 Å². The normalized spacial score (nSPS) is 9.81. The van der Waals surface area contributed by atoms with E-state index in [9.17, 15) is 10.1 Å². The van der Waals surface area contributed by atoms with Crippen LogP contribution in [0.1, 0.15) is 0 Å². The third kappa shape index (κ3) is 4.11. The highest BCUT2D eigenvalue weighted by molar-refractivity contribution is 6.41. The molecule has 0 fully saturated rings. The summed E-state index contributed by atoms with van der Waals surface area (Å²) in [5.41, 5.74) is 0.893. The lowest BCUT2D eigenvalue weighted by molar-refractivity contribution is -0.385. The molecule has 1 aromatic carbocycles. The van der Waals surface area contributed by atoms with Crippen LogP contribution in [0.3, 0.4) is 0 Å². The molecule has 0 radical (unpaired) electrons. The van der Waals surface area contributed by atoms with E-state index in [-0.39, 0.29) is 15.9 Å². The molecule has 5 nitrogen and oxygen atoms in total. The minimum atomic E-state index is -0.588. The topological polar surface area (TPSA) is 68.9 Å². The summed E-state index contributed by atoms with van der Waals surface area (Å²) >= 11 is 10.9. The van der Waals surface area contributed by atoms with Gasteiger partial charge in [0.1, 0.15) is 11.3 Å². The number of hydrogen-bond acceptors (Lipinski definition) is 4. The van der Waals surface area contributed by atoms with Crippen molar-refractivity contribution < 1.29 is 4.92 Å². The molecule has 3 aromatic rings. The number of pyridine rings is 2. The van der Waals surface area contributed by atoms with Crippen LogP contribution in [0.4, 0.5) is 5.69 Å². The molecule has 0 N–H and O–H groups in total. The van der Waals surface area contributed by atoms with Crippen LogP contribution in [0.15, 0.2) is 54.9 Å². The zero-order chi connectivity index (χ0) is 15.2. The smallest absolute Gasteiger partial charge is 0.258 e. The van der Waals surface area contributed by atoms with Crippen LogP contribution in [0.5, 0.6) is 0 Å². The monoisotopic (exact) mass is 321 g/mol. The van der Waals surface area contributed by atoms with Crippen molar-refractivity contribution in [3.05, 3.63) is 75.1 Å². The van der Waals surface area contributed by atoms with E-state index in [1.807, 2.05) is 30.5 Å². The summed E-state index contributed by atoms with van der Waals surface area (Å²) in [6.45, 7) is 0. The van der Waals surface area contributed by atoms with Crippen LogP contribution in [0, 0.1) is 10.1 Å². The SMILES string of the molecule is O=[N+]([O-])c1cnc(Cl)c(Cl)c1.c1ccc2ncccc2c1. The second-order valence-corrected chi connectivity index (χ2v) is 4.68. The Morgan fingerprint density at radius 1 is 1.05 bits per heavy atom. The highest BCUT2D eigenvalue weighted by Gasteiger charge is 2.08. The molecule has 0 aliphatic heterocycles. The van der Waals surface area contributed by atoms with Gasteiger partial charge < -0.3 is 0 Å². The van der Waals surface area contributed by atoms with E-state index in [2.05, 4.69) is 22.1 Å². The van der Waals surface area contributed by atoms with Crippen molar-refractivity contribution >= 4 is 39.8 Å². The lowest BCUT2D eigenvalue weighted by Crippen LogP contribution is -1.88. The molecule has 0 bridgehead atoms. The molecule has 0 atom stereocenters. The Balaban J connectivity index is 0.000000154. The second kappa shape index (κ2) is 6.97. The fourth-order valence-electron chi connectivity index (χ4n) is 1.53. The van der Waals surface area contributed by atoms with E-state index in [0.29, 0.717) is 0 Å². The molecule has 0 aliphatic carbocycles. The predicted octanol–water partition coefficient (Wildman–Crippen LogP) is 4.53. The summed E-state index contributed by atoms with van der Waals surface area (Å²) in [5, 5.41) is 11.5. The van der Waals surface area contributed by atoms with Gasteiger partial charge in [-0.3, -0.25) is 15.1 Å². The van der Waals surface area contributed by atoms with E-state index in [1.165, 1.54) is 5.39 Å². The van der Waals surface area contributed by atoms with Gasteiger partial charge in [0.2, 0.25) is 0 Å². The number of fused-ring (bicyclic) bond motifs is 1. The van der Waals surface area contributed by atoms with Gasteiger partial charge in [-0.05, 0) is 12.1 Å². The molecule has 0 amide bonds. The van der Waals surface area contributed by atoms with Gasteiger partial charge in [-0.1, -0.05) is 47.5 Å². The lowest BCUT2D eigenvalue weighted by atomic mass is 10.2. The summed E-state index contributed by atoms with van der Waals surface area (Å²) in [4.78, 5) is 17.2. The minimum Gasteiger partial charge on any atom is -0.258 e. The third-order valence-corrected chi connectivity index (χ3v) is 3.19. The second-order valence-electron chi connectivity index (χ2n) is 3.92. The van der Waals surface area contributed by atoms with Crippen molar-refractivity contribution in [1.29, 1.82) is 0 Å². The van der Waals surface area contributed by atoms with Crippen molar-refractivity contribution in [2.45, 2.75) is 0 Å². The summed E-state index contributed by atoms with van der Waals surface area (Å²) in [6, 6.07) is 13.2. The Morgan fingerprint density at radius 2 is 1.76 bits per heavy atom. The van der Waals surface area contributed by atoms with Crippen molar-refractivity contribution in [2.75, 3.05) is 0 Å². The first-order valence-corrected chi connectivity index (χ1v) is 6.58. The molecule has 2 heterocycles. The predicted molar refractivity (Wildman–Crippen MR) is 82.7 cm³/mol. The molecule has 0 aliphatic rings. The van der Waals surface area contributed by atoms with Gasteiger partial charge in [0.25, 0.3) is 5.69 Å². The number of nitrogens with zero attached hydrogens (tertiary/aromatic N) is 3. The van der Waals surface area contributed by atoms with Gasteiger partial charge in [-0.15, -0.1) is 0 Å². The number of rotatable bonds is 1. The first-order valence-electron chi connectivity index (χ1n) is 5.83. The molecule has 0 spiro atoms. The Morgan fingerprint density at radius 3 is 2.43 bits per heavy atom. The Hall–Kier alpha value is -2.24. The van der Waals surface area contributed by atoms with Crippen LogP contribution in [0.2, 0.25) is 10.2 Å². The molecule has 3 rings (SSSR count). The fraction of sp³-hybridized carbons (Fsp3) is 0.